The molecule has 0 amide bonds. The predicted molar refractivity (Wildman–Crippen MR) is 97.8 cm³/mol. The summed E-state index contributed by atoms with van der Waals surface area (Å²) in [5.74, 6) is 1.02. The molecule has 2 aromatic rings. The summed E-state index contributed by atoms with van der Waals surface area (Å²) in [6.07, 6.45) is 4.36. The summed E-state index contributed by atoms with van der Waals surface area (Å²) in [5.41, 5.74) is 1.40. The molecule has 1 saturated carbocycles. The Morgan fingerprint density at radius 3 is 2.17 bits per heavy atom. The fourth-order valence-electron chi connectivity index (χ4n) is 3.35. The van der Waals surface area contributed by atoms with Crippen molar-refractivity contribution >= 4 is 21.6 Å². The Kier molecular flexibility index (Phi) is 5.59. The predicted octanol–water partition coefficient (Wildman–Crippen LogP) is 4.59. The van der Waals surface area contributed by atoms with E-state index in [0.29, 0.717) is 23.4 Å². The third-order valence-corrected chi connectivity index (χ3v) is 6.50. The van der Waals surface area contributed by atoms with Gasteiger partial charge in [-0.3, -0.25) is 0 Å². The Morgan fingerprint density at radius 1 is 0.917 bits per heavy atom. The van der Waals surface area contributed by atoms with Crippen molar-refractivity contribution in [3.63, 3.8) is 0 Å². The van der Waals surface area contributed by atoms with Gasteiger partial charge in [0.15, 0.2) is 0 Å². The Balaban J connectivity index is 1.52. The van der Waals surface area contributed by atoms with E-state index in [1.165, 1.54) is 17.7 Å². The maximum absolute atomic E-state index is 12.3. The van der Waals surface area contributed by atoms with Gasteiger partial charge in [-0.25, -0.2) is 13.1 Å². The summed E-state index contributed by atoms with van der Waals surface area (Å²) in [5, 5.41) is 0.535. The van der Waals surface area contributed by atoms with Crippen LogP contribution in [0.15, 0.2) is 59.5 Å². The van der Waals surface area contributed by atoms with Gasteiger partial charge in [0, 0.05) is 11.6 Å². The second-order valence-electron chi connectivity index (χ2n) is 6.43. The molecule has 3 nitrogen and oxygen atoms in total. The van der Waals surface area contributed by atoms with Crippen LogP contribution in [0.5, 0.6) is 0 Å². The van der Waals surface area contributed by atoms with E-state index in [1.54, 1.807) is 12.1 Å². The molecule has 0 aliphatic heterocycles. The van der Waals surface area contributed by atoms with Crippen LogP contribution in [0.2, 0.25) is 5.02 Å². The average molecular weight is 364 g/mol. The first-order valence-electron chi connectivity index (χ1n) is 8.35. The lowest BCUT2D eigenvalue weighted by molar-refractivity contribution is 0.326. The van der Waals surface area contributed by atoms with E-state index in [9.17, 15) is 8.42 Å². The minimum absolute atomic E-state index is 0.268. The molecule has 24 heavy (non-hydrogen) atoms. The van der Waals surface area contributed by atoms with Gasteiger partial charge < -0.3 is 0 Å². The fraction of sp³-hybridized carbons (Fsp3) is 0.368. The first kappa shape index (κ1) is 17.5. The van der Waals surface area contributed by atoms with Crippen molar-refractivity contribution < 1.29 is 8.42 Å². The van der Waals surface area contributed by atoms with E-state index < -0.39 is 10.0 Å². The van der Waals surface area contributed by atoms with Crippen molar-refractivity contribution in [1.29, 1.82) is 0 Å². The summed E-state index contributed by atoms with van der Waals surface area (Å²) in [4.78, 5) is 0.268. The zero-order valence-corrected chi connectivity index (χ0v) is 15.1. The first-order chi connectivity index (χ1) is 11.5. The molecule has 0 spiro atoms. The Labute approximate surface area is 149 Å². The molecule has 0 bridgehead atoms. The number of hydrogen-bond donors (Lipinski definition) is 1. The van der Waals surface area contributed by atoms with Gasteiger partial charge in [-0.15, -0.1) is 0 Å². The molecule has 2 aromatic carbocycles. The largest absolute Gasteiger partial charge is 0.240 e. The smallest absolute Gasteiger partial charge is 0.211 e. The third kappa shape index (κ3) is 4.38. The van der Waals surface area contributed by atoms with Gasteiger partial charge in [0.05, 0.1) is 4.90 Å². The van der Waals surface area contributed by atoms with Crippen LogP contribution in [0.4, 0.5) is 0 Å². The Bertz CT molecular complexity index is 752. The quantitative estimate of drug-likeness (QED) is 0.844. The van der Waals surface area contributed by atoms with Gasteiger partial charge in [0.25, 0.3) is 0 Å². The molecule has 1 N–H and O–H groups in total. The highest BCUT2D eigenvalue weighted by atomic mass is 35.5. The molecular formula is C19H22ClNO2S. The summed E-state index contributed by atoms with van der Waals surface area (Å²) >= 11 is 5.81. The van der Waals surface area contributed by atoms with Gasteiger partial charge in [0.2, 0.25) is 10.0 Å². The molecule has 0 saturated heterocycles. The number of halogens is 1. The van der Waals surface area contributed by atoms with Crippen LogP contribution in [0.25, 0.3) is 0 Å². The van der Waals surface area contributed by atoms with Crippen molar-refractivity contribution in [1.82, 2.24) is 4.72 Å². The van der Waals surface area contributed by atoms with Crippen molar-refractivity contribution in [3.8, 4) is 0 Å². The first-order valence-corrected chi connectivity index (χ1v) is 10.2. The standard InChI is InChI=1S/C19H22ClNO2S/c20-18-10-12-19(13-11-18)24(22,23)21-14-15-6-8-17(9-7-15)16-4-2-1-3-5-16/h1-5,10-13,15,17,21H,6-9,14H2. The van der Waals surface area contributed by atoms with Crippen molar-refractivity contribution in [2.45, 2.75) is 36.5 Å². The molecule has 0 heterocycles. The highest BCUT2D eigenvalue weighted by Crippen LogP contribution is 2.35. The lowest BCUT2D eigenvalue weighted by Gasteiger charge is -2.28. The zero-order valence-electron chi connectivity index (χ0n) is 13.5. The molecule has 1 aliphatic rings. The van der Waals surface area contributed by atoms with Crippen molar-refractivity contribution in [2.24, 2.45) is 5.92 Å². The average Bonchev–Trinajstić information content (AvgIpc) is 2.62. The minimum atomic E-state index is -3.45. The summed E-state index contributed by atoms with van der Waals surface area (Å²) in [6.45, 7) is 0.506. The van der Waals surface area contributed by atoms with E-state index in [4.69, 9.17) is 11.6 Å². The molecule has 1 aliphatic carbocycles. The van der Waals surface area contributed by atoms with E-state index in [2.05, 4.69) is 29.0 Å². The lowest BCUT2D eigenvalue weighted by Crippen LogP contribution is -2.31. The van der Waals surface area contributed by atoms with Crippen LogP contribution in [-0.2, 0) is 10.0 Å². The summed E-state index contributed by atoms with van der Waals surface area (Å²) in [6, 6.07) is 16.9. The van der Waals surface area contributed by atoms with Crippen LogP contribution in [-0.4, -0.2) is 15.0 Å². The Hall–Kier alpha value is -1.36. The molecule has 0 atom stereocenters. The van der Waals surface area contributed by atoms with Gasteiger partial charge >= 0.3 is 0 Å². The number of benzene rings is 2. The highest BCUT2D eigenvalue weighted by molar-refractivity contribution is 7.89. The number of rotatable bonds is 5. The third-order valence-electron chi connectivity index (χ3n) is 4.80. The van der Waals surface area contributed by atoms with Crippen LogP contribution in [0, 0.1) is 5.92 Å². The van der Waals surface area contributed by atoms with Gasteiger partial charge in [-0.2, -0.15) is 0 Å². The van der Waals surface area contributed by atoms with Crippen LogP contribution >= 0.6 is 11.6 Å². The van der Waals surface area contributed by atoms with Crippen LogP contribution in [0.1, 0.15) is 37.2 Å². The molecule has 0 unspecified atom stereocenters. The molecule has 5 heteroatoms. The minimum Gasteiger partial charge on any atom is -0.211 e. The van der Waals surface area contributed by atoms with E-state index >= 15 is 0 Å². The van der Waals surface area contributed by atoms with Gasteiger partial charge in [0.1, 0.15) is 0 Å². The van der Waals surface area contributed by atoms with Gasteiger partial charge in [-0.1, -0.05) is 41.9 Å². The highest BCUT2D eigenvalue weighted by Gasteiger charge is 2.24. The van der Waals surface area contributed by atoms with Gasteiger partial charge in [-0.05, 0) is 67.3 Å². The van der Waals surface area contributed by atoms with Crippen LogP contribution < -0.4 is 4.72 Å². The fourth-order valence-corrected chi connectivity index (χ4v) is 4.59. The topological polar surface area (TPSA) is 46.2 Å². The summed E-state index contributed by atoms with van der Waals surface area (Å²) in [7, 11) is -3.45. The monoisotopic (exact) mass is 363 g/mol. The second kappa shape index (κ2) is 7.68. The SMILES string of the molecule is O=S(=O)(NCC1CCC(c2ccccc2)CC1)c1ccc(Cl)cc1. The normalized spacial score (nSPS) is 21.5. The molecular weight excluding hydrogens is 342 g/mol. The molecule has 128 valence electrons. The van der Waals surface area contributed by atoms with E-state index in [0.717, 1.165) is 25.7 Å². The molecule has 0 radical (unpaired) electrons. The maximum atomic E-state index is 12.3. The summed E-state index contributed by atoms with van der Waals surface area (Å²) < 4.78 is 27.4. The van der Waals surface area contributed by atoms with Crippen molar-refractivity contribution in [3.05, 3.63) is 65.2 Å². The second-order valence-corrected chi connectivity index (χ2v) is 8.64. The lowest BCUT2D eigenvalue weighted by atomic mass is 9.79. The maximum Gasteiger partial charge on any atom is 0.240 e. The van der Waals surface area contributed by atoms with E-state index in [-0.39, 0.29) is 4.90 Å². The molecule has 0 aromatic heterocycles. The number of nitrogens with one attached hydrogen (secondary N) is 1. The zero-order chi connectivity index (χ0) is 17.0. The molecule has 3 rings (SSSR count). The van der Waals surface area contributed by atoms with Crippen LogP contribution in [0.3, 0.4) is 0 Å². The Morgan fingerprint density at radius 2 is 1.54 bits per heavy atom. The van der Waals surface area contributed by atoms with Crippen molar-refractivity contribution in [2.75, 3.05) is 6.54 Å². The molecule has 1 fully saturated rings. The number of hydrogen-bond acceptors (Lipinski definition) is 2. The van der Waals surface area contributed by atoms with E-state index in [1.807, 2.05) is 6.07 Å². The number of sulfonamides is 1.